The van der Waals surface area contributed by atoms with Crippen molar-refractivity contribution in [2.75, 3.05) is 13.2 Å². The van der Waals surface area contributed by atoms with E-state index in [9.17, 15) is 4.79 Å². The van der Waals surface area contributed by atoms with Crippen molar-refractivity contribution >= 4 is 5.91 Å². The molecule has 0 N–H and O–H groups in total. The maximum atomic E-state index is 12.8. The molecule has 1 fully saturated rings. The summed E-state index contributed by atoms with van der Waals surface area (Å²) in [6.45, 7) is 3.52. The lowest BCUT2D eigenvalue weighted by atomic mass is 10.2. The van der Waals surface area contributed by atoms with Crippen LogP contribution in [0.1, 0.15) is 52.3 Å². The minimum atomic E-state index is -0.225. The van der Waals surface area contributed by atoms with Gasteiger partial charge in [-0.05, 0) is 25.3 Å². The first-order valence-corrected chi connectivity index (χ1v) is 9.74. The Morgan fingerprint density at radius 1 is 1.24 bits per heavy atom. The van der Waals surface area contributed by atoms with Gasteiger partial charge in [0.05, 0.1) is 25.1 Å². The van der Waals surface area contributed by atoms with Gasteiger partial charge in [-0.2, -0.15) is 4.98 Å². The summed E-state index contributed by atoms with van der Waals surface area (Å²) in [6.07, 6.45) is 5.33. The maximum Gasteiger partial charge on any atom is 0.274 e. The van der Waals surface area contributed by atoms with Gasteiger partial charge in [0.1, 0.15) is 11.7 Å². The number of hydrogen-bond donors (Lipinski definition) is 0. The molecule has 4 rings (SSSR count). The van der Waals surface area contributed by atoms with E-state index >= 15 is 0 Å². The minimum Gasteiger partial charge on any atom is -0.376 e. The number of ether oxygens (including phenoxy) is 1. The Morgan fingerprint density at radius 3 is 2.90 bits per heavy atom. The molecule has 1 saturated heterocycles. The Balaban J connectivity index is 1.34. The molecule has 1 amide bonds. The second kappa shape index (κ2) is 8.91. The Bertz CT molecular complexity index is 942. The largest absolute Gasteiger partial charge is 0.376 e. The third kappa shape index (κ3) is 4.65. The van der Waals surface area contributed by atoms with Crippen LogP contribution < -0.4 is 0 Å². The Morgan fingerprint density at radius 2 is 2.10 bits per heavy atom. The van der Waals surface area contributed by atoms with Gasteiger partial charge in [0.15, 0.2) is 5.82 Å². The molecule has 2 aromatic heterocycles. The Labute approximate surface area is 168 Å². The van der Waals surface area contributed by atoms with Crippen molar-refractivity contribution < 1.29 is 14.1 Å². The highest BCUT2D eigenvalue weighted by Gasteiger charge is 2.35. The Kier molecular flexibility index (Phi) is 5.90. The van der Waals surface area contributed by atoms with Crippen LogP contribution in [0.25, 0.3) is 0 Å². The van der Waals surface area contributed by atoms with E-state index in [4.69, 9.17) is 9.26 Å². The van der Waals surface area contributed by atoms with Crippen LogP contribution in [-0.2, 0) is 17.8 Å². The van der Waals surface area contributed by atoms with Gasteiger partial charge in [-0.15, -0.1) is 0 Å². The minimum absolute atomic E-state index is 0.161. The van der Waals surface area contributed by atoms with Crippen molar-refractivity contribution in [3.63, 3.8) is 0 Å². The number of hydrogen-bond acceptors (Lipinski definition) is 7. The van der Waals surface area contributed by atoms with Gasteiger partial charge in [0.25, 0.3) is 5.91 Å². The normalized spacial score (nSPS) is 16.3. The van der Waals surface area contributed by atoms with E-state index in [2.05, 4.69) is 20.1 Å². The molecule has 0 unspecified atom stereocenters. The molecule has 8 heteroatoms. The molecule has 1 aromatic carbocycles. The predicted octanol–water partition coefficient (Wildman–Crippen LogP) is 2.90. The number of carbonyl (C=O) groups is 1. The summed E-state index contributed by atoms with van der Waals surface area (Å²) in [7, 11) is 0. The second-order valence-electron chi connectivity index (χ2n) is 7.04. The van der Waals surface area contributed by atoms with E-state index in [-0.39, 0.29) is 11.9 Å². The zero-order valence-corrected chi connectivity index (χ0v) is 16.3. The monoisotopic (exact) mass is 393 g/mol. The van der Waals surface area contributed by atoms with Crippen LogP contribution in [0.3, 0.4) is 0 Å². The fourth-order valence-electron chi connectivity index (χ4n) is 3.35. The van der Waals surface area contributed by atoms with Crippen molar-refractivity contribution in [2.45, 2.75) is 38.8 Å². The molecule has 3 heterocycles. The summed E-state index contributed by atoms with van der Waals surface area (Å²) < 4.78 is 11.1. The second-order valence-corrected chi connectivity index (χ2v) is 7.04. The molecule has 0 spiro atoms. The molecule has 3 aromatic rings. The topological polar surface area (TPSA) is 94.2 Å². The van der Waals surface area contributed by atoms with Crippen molar-refractivity contribution in [1.82, 2.24) is 25.0 Å². The molecule has 0 aliphatic carbocycles. The maximum absolute atomic E-state index is 12.8. The number of aryl methyl sites for hydroxylation is 1. The first-order valence-electron chi connectivity index (χ1n) is 9.74. The van der Waals surface area contributed by atoms with Gasteiger partial charge in [0, 0.05) is 19.2 Å². The van der Waals surface area contributed by atoms with E-state index in [1.54, 1.807) is 11.1 Å². The molecule has 1 aliphatic heterocycles. The molecule has 0 saturated carbocycles. The van der Waals surface area contributed by atoms with Gasteiger partial charge < -0.3 is 14.2 Å². The van der Waals surface area contributed by atoms with Crippen molar-refractivity contribution in [2.24, 2.45) is 0 Å². The average molecular weight is 393 g/mol. The summed E-state index contributed by atoms with van der Waals surface area (Å²) in [5.41, 5.74) is 2.23. The predicted molar refractivity (Wildman–Crippen MR) is 104 cm³/mol. The van der Waals surface area contributed by atoms with E-state index < -0.39 is 0 Å². The third-order valence-electron chi connectivity index (χ3n) is 4.86. The van der Waals surface area contributed by atoms with Gasteiger partial charge in [0.2, 0.25) is 5.89 Å². The molecule has 8 nitrogen and oxygen atoms in total. The van der Waals surface area contributed by atoms with Crippen molar-refractivity contribution in [3.05, 3.63) is 71.4 Å². The molecular weight excluding hydrogens is 370 g/mol. The van der Waals surface area contributed by atoms with E-state index in [0.29, 0.717) is 43.6 Å². The number of benzene rings is 1. The number of nitrogens with zero attached hydrogens (tertiary/aromatic N) is 5. The molecule has 29 heavy (non-hydrogen) atoms. The van der Waals surface area contributed by atoms with Crippen LogP contribution in [0, 0.1) is 6.92 Å². The summed E-state index contributed by atoms with van der Waals surface area (Å²) >= 11 is 0. The van der Waals surface area contributed by atoms with Crippen LogP contribution in [0.2, 0.25) is 0 Å². The van der Waals surface area contributed by atoms with E-state index in [1.807, 2.05) is 37.3 Å². The van der Waals surface area contributed by atoms with Gasteiger partial charge in [-0.25, -0.2) is 4.98 Å². The van der Waals surface area contributed by atoms with Crippen LogP contribution >= 0.6 is 0 Å². The highest BCUT2D eigenvalue weighted by molar-refractivity contribution is 5.92. The van der Waals surface area contributed by atoms with E-state index in [1.165, 1.54) is 6.20 Å². The van der Waals surface area contributed by atoms with Crippen LogP contribution in [-0.4, -0.2) is 44.1 Å². The number of rotatable bonds is 7. The molecule has 150 valence electrons. The fraction of sp³-hybridized carbons (Fsp3) is 0.381. The highest BCUT2D eigenvalue weighted by Crippen LogP contribution is 2.31. The van der Waals surface area contributed by atoms with Crippen LogP contribution in [0.5, 0.6) is 0 Å². The lowest BCUT2D eigenvalue weighted by Crippen LogP contribution is -2.31. The number of amides is 1. The number of aromatic nitrogens is 4. The first-order chi connectivity index (χ1) is 14.2. The standard InChI is InChI=1S/C21H23N5O3/c1-15-12-23-17(13-22-15)21(27)26-10-5-8-18(26)20-24-19(25-29-20)9-11-28-14-16-6-3-2-4-7-16/h2-4,6-7,12-13,18H,5,8-11,14H2,1H3/t18-/m0/s1. The van der Waals surface area contributed by atoms with E-state index in [0.717, 1.165) is 24.1 Å². The lowest BCUT2D eigenvalue weighted by molar-refractivity contribution is 0.0703. The van der Waals surface area contributed by atoms with Crippen LogP contribution in [0.4, 0.5) is 0 Å². The molecular formula is C21H23N5O3. The smallest absolute Gasteiger partial charge is 0.274 e. The van der Waals surface area contributed by atoms with Gasteiger partial charge in [-0.1, -0.05) is 35.5 Å². The first kappa shape index (κ1) is 19.2. The number of likely N-dealkylation sites (tertiary alicyclic amines) is 1. The van der Waals surface area contributed by atoms with Gasteiger partial charge in [-0.3, -0.25) is 9.78 Å². The van der Waals surface area contributed by atoms with Crippen LogP contribution in [0.15, 0.2) is 47.2 Å². The Hall–Kier alpha value is -3.13. The summed E-state index contributed by atoms with van der Waals surface area (Å²) in [5.74, 6) is 0.891. The summed E-state index contributed by atoms with van der Waals surface area (Å²) in [4.78, 5) is 27.4. The molecule has 1 atom stereocenters. The third-order valence-corrected chi connectivity index (χ3v) is 4.86. The fourth-order valence-corrected chi connectivity index (χ4v) is 3.35. The zero-order valence-electron chi connectivity index (χ0n) is 16.3. The quantitative estimate of drug-likeness (QED) is 0.570. The summed E-state index contributed by atoms with van der Waals surface area (Å²) in [6, 6.07) is 9.78. The zero-order chi connectivity index (χ0) is 20.1. The lowest BCUT2D eigenvalue weighted by Gasteiger charge is -2.21. The molecule has 1 aliphatic rings. The summed E-state index contributed by atoms with van der Waals surface area (Å²) in [5, 5.41) is 4.05. The number of carbonyl (C=O) groups excluding carboxylic acids is 1. The molecule has 0 radical (unpaired) electrons. The van der Waals surface area contributed by atoms with Gasteiger partial charge >= 0.3 is 0 Å². The average Bonchev–Trinajstić information content (AvgIpc) is 3.41. The highest BCUT2D eigenvalue weighted by atomic mass is 16.5. The van der Waals surface area contributed by atoms with Crippen molar-refractivity contribution in [3.8, 4) is 0 Å². The molecule has 0 bridgehead atoms. The SMILES string of the molecule is Cc1cnc(C(=O)N2CCC[C@H]2c2nc(CCOCc3ccccc3)no2)cn1. The van der Waals surface area contributed by atoms with Crippen molar-refractivity contribution in [1.29, 1.82) is 0 Å².